The Kier molecular flexibility index (Phi) is 5.42. The van der Waals surface area contributed by atoms with Gasteiger partial charge >= 0.3 is 0 Å². The van der Waals surface area contributed by atoms with Gasteiger partial charge in [0.2, 0.25) is 0 Å². The second-order valence-corrected chi connectivity index (χ2v) is 8.98. The molecule has 1 spiro atoms. The monoisotopic (exact) mass is 372 g/mol. The summed E-state index contributed by atoms with van der Waals surface area (Å²) in [7, 11) is 0. The number of aromatic hydroxyl groups is 1. The van der Waals surface area contributed by atoms with Crippen molar-refractivity contribution in [3.63, 3.8) is 0 Å². The zero-order valence-corrected chi connectivity index (χ0v) is 16.4. The number of phenolic OH excluding ortho intramolecular Hbond substituents is 1. The van der Waals surface area contributed by atoms with Crippen molar-refractivity contribution in [3.05, 3.63) is 29.8 Å². The summed E-state index contributed by atoms with van der Waals surface area (Å²) in [5, 5.41) is 9.40. The number of rotatable bonds is 3. The number of phenols is 1. The average molecular weight is 373 g/mol. The number of nitrogens with zero attached hydrogens (tertiary/aromatic N) is 2. The van der Waals surface area contributed by atoms with Gasteiger partial charge in [-0.05, 0) is 74.2 Å². The molecule has 148 valence electrons. The zero-order chi connectivity index (χ0) is 18.9. The average Bonchev–Trinajstić information content (AvgIpc) is 3.04. The Labute approximate surface area is 162 Å². The third-order valence-corrected chi connectivity index (χ3v) is 6.71. The number of hydrogen-bond donors (Lipinski definition) is 1. The second-order valence-electron chi connectivity index (χ2n) is 8.98. The highest BCUT2D eigenvalue weighted by molar-refractivity contribution is 5.94. The topological polar surface area (TPSA) is 53.0 Å². The van der Waals surface area contributed by atoms with E-state index >= 15 is 0 Å². The molecule has 0 saturated carbocycles. The Hall–Kier alpha value is -1.59. The van der Waals surface area contributed by atoms with Crippen molar-refractivity contribution in [1.29, 1.82) is 0 Å². The first kappa shape index (κ1) is 18.8. The Morgan fingerprint density at radius 1 is 1.22 bits per heavy atom. The van der Waals surface area contributed by atoms with Gasteiger partial charge in [-0.25, -0.2) is 0 Å². The second kappa shape index (κ2) is 7.80. The molecule has 5 nitrogen and oxygen atoms in total. The first-order chi connectivity index (χ1) is 13.0. The number of hydrogen-bond acceptors (Lipinski definition) is 4. The fraction of sp³-hybridized carbons (Fsp3) is 0.682. The molecule has 1 N–H and O–H groups in total. The lowest BCUT2D eigenvalue weighted by Gasteiger charge is -2.38. The minimum atomic E-state index is 0.0719. The molecule has 1 amide bonds. The molecule has 0 bridgehead atoms. The number of ether oxygens (including phenoxy) is 1. The van der Waals surface area contributed by atoms with Gasteiger partial charge in [0.25, 0.3) is 5.91 Å². The number of piperidine rings is 2. The van der Waals surface area contributed by atoms with Crippen LogP contribution in [0.3, 0.4) is 0 Å². The molecule has 1 aromatic carbocycles. The SMILES string of the molecule is C[C@H]1CCCN(C[C@H]2CC3(CCN(C(=O)c4ccc(O)cc4)CC3)CO2)C1. The molecule has 0 radical (unpaired) electrons. The van der Waals surface area contributed by atoms with Crippen LogP contribution < -0.4 is 0 Å². The van der Waals surface area contributed by atoms with Crippen molar-refractivity contribution >= 4 is 5.91 Å². The lowest BCUT2D eigenvalue weighted by atomic mass is 9.76. The largest absolute Gasteiger partial charge is 0.508 e. The number of benzene rings is 1. The van der Waals surface area contributed by atoms with Crippen LogP contribution in [0, 0.1) is 11.3 Å². The Bertz CT molecular complexity index is 652. The number of amides is 1. The maximum absolute atomic E-state index is 12.7. The standard InChI is InChI=1S/C22H32N2O3/c1-17-3-2-10-23(14-17)15-20-13-22(16-27-20)8-11-24(12-9-22)21(26)18-4-6-19(25)7-5-18/h4-7,17,20,25H,2-3,8-16H2,1H3/t17-,20+/m0/s1. The van der Waals surface area contributed by atoms with Crippen molar-refractivity contribution < 1.29 is 14.6 Å². The van der Waals surface area contributed by atoms with Gasteiger partial charge in [0.05, 0.1) is 12.7 Å². The summed E-state index contributed by atoms with van der Waals surface area (Å²) in [6.07, 6.45) is 6.23. The van der Waals surface area contributed by atoms with Crippen LogP contribution in [0.4, 0.5) is 0 Å². The van der Waals surface area contributed by atoms with Crippen molar-refractivity contribution in [1.82, 2.24) is 9.80 Å². The normalized spacial score (nSPS) is 28.6. The quantitative estimate of drug-likeness (QED) is 0.886. The fourth-order valence-electron chi connectivity index (χ4n) is 5.07. The first-order valence-electron chi connectivity index (χ1n) is 10.5. The number of carbonyl (C=O) groups is 1. The van der Waals surface area contributed by atoms with Gasteiger partial charge in [-0.3, -0.25) is 4.79 Å². The molecule has 0 unspecified atom stereocenters. The summed E-state index contributed by atoms with van der Waals surface area (Å²) in [6, 6.07) is 6.57. The van der Waals surface area contributed by atoms with Crippen LogP contribution in [0.15, 0.2) is 24.3 Å². The van der Waals surface area contributed by atoms with E-state index in [1.807, 2.05) is 4.90 Å². The zero-order valence-electron chi connectivity index (χ0n) is 16.4. The van der Waals surface area contributed by atoms with E-state index in [0.717, 1.165) is 51.4 Å². The Balaban J connectivity index is 1.28. The molecule has 5 heteroatoms. The van der Waals surface area contributed by atoms with Crippen LogP contribution in [-0.2, 0) is 4.74 Å². The smallest absolute Gasteiger partial charge is 0.253 e. The van der Waals surface area contributed by atoms with Crippen LogP contribution in [-0.4, -0.2) is 66.2 Å². The summed E-state index contributed by atoms with van der Waals surface area (Å²) in [5.74, 6) is 1.08. The summed E-state index contributed by atoms with van der Waals surface area (Å²) in [5.41, 5.74) is 0.918. The molecular formula is C22H32N2O3. The van der Waals surface area contributed by atoms with E-state index in [0.29, 0.717) is 11.7 Å². The Morgan fingerprint density at radius 2 is 1.96 bits per heavy atom. The highest BCUT2D eigenvalue weighted by Crippen LogP contribution is 2.42. The molecule has 3 aliphatic heterocycles. The molecule has 2 atom stereocenters. The first-order valence-corrected chi connectivity index (χ1v) is 10.5. The molecule has 27 heavy (non-hydrogen) atoms. The lowest BCUT2D eigenvalue weighted by Crippen LogP contribution is -2.44. The van der Waals surface area contributed by atoms with Gasteiger partial charge < -0.3 is 19.6 Å². The maximum atomic E-state index is 12.7. The van der Waals surface area contributed by atoms with Crippen molar-refractivity contribution in [2.75, 3.05) is 39.3 Å². The summed E-state index contributed by atoms with van der Waals surface area (Å²) < 4.78 is 6.20. The van der Waals surface area contributed by atoms with Gasteiger partial charge in [-0.15, -0.1) is 0 Å². The van der Waals surface area contributed by atoms with Gasteiger partial charge in [0.1, 0.15) is 5.75 Å². The van der Waals surface area contributed by atoms with Crippen LogP contribution in [0.25, 0.3) is 0 Å². The van der Waals surface area contributed by atoms with Crippen molar-refractivity contribution in [2.45, 2.75) is 45.1 Å². The lowest BCUT2D eigenvalue weighted by molar-refractivity contribution is 0.0402. The maximum Gasteiger partial charge on any atom is 0.253 e. The van der Waals surface area contributed by atoms with Crippen LogP contribution in [0.1, 0.15) is 49.4 Å². The molecule has 0 aliphatic carbocycles. The van der Waals surface area contributed by atoms with Gasteiger partial charge in [0, 0.05) is 31.7 Å². The minimum Gasteiger partial charge on any atom is -0.508 e. The van der Waals surface area contributed by atoms with Gasteiger partial charge in [-0.1, -0.05) is 6.92 Å². The summed E-state index contributed by atoms with van der Waals surface area (Å²) in [4.78, 5) is 17.2. The van der Waals surface area contributed by atoms with E-state index in [9.17, 15) is 9.90 Å². The molecule has 4 rings (SSSR count). The predicted molar refractivity (Wildman–Crippen MR) is 105 cm³/mol. The molecule has 0 aromatic heterocycles. The minimum absolute atomic E-state index is 0.0719. The van der Waals surface area contributed by atoms with Crippen molar-refractivity contribution in [3.8, 4) is 5.75 Å². The van der Waals surface area contributed by atoms with Crippen LogP contribution in [0.5, 0.6) is 5.75 Å². The molecule has 3 aliphatic rings. The van der Waals surface area contributed by atoms with E-state index in [1.54, 1.807) is 24.3 Å². The molecular weight excluding hydrogens is 340 g/mol. The summed E-state index contributed by atoms with van der Waals surface area (Å²) in [6.45, 7) is 8.30. The predicted octanol–water partition coefficient (Wildman–Crippen LogP) is 3.14. The van der Waals surface area contributed by atoms with Crippen LogP contribution in [0.2, 0.25) is 0 Å². The van der Waals surface area contributed by atoms with E-state index in [1.165, 1.54) is 25.9 Å². The van der Waals surface area contributed by atoms with Crippen LogP contribution >= 0.6 is 0 Å². The van der Waals surface area contributed by atoms with E-state index in [2.05, 4.69) is 11.8 Å². The highest BCUT2D eigenvalue weighted by Gasteiger charge is 2.43. The third kappa shape index (κ3) is 4.30. The third-order valence-electron chi connectivity index (χ3n) is 6.71. The summed E-state index contributed by atoms with van der Waals surface area (Å²) >= 11 is 0. The van der Waals surface area contributed by atoms with Gasteiger partial charge in [0.15, 0.2) is 0 Å². The molecule has 3 fully saturated rings. The van der Waals surface area contributed by atoms with E-state index in [4.69, 9.17) is 4.74 Å². The molecule has 3 heterocycles. The Morgan fingerprint density at radius 3 is 2.67 bits per heavy atom. The van der Waals surface area contributed by atoms with E-state index in [-0.39, 0.29) is 17.1 Å². The van der Waals surface area contributed by atoms with Crippen molar-refractivity contribution in [2.24, 2.45) is 11.3 Å². The van der Waals surface area contributed by atoms with Gasteiger partial charge in [-0.2, -0.15) is 0 Å². The number of likely N-dealkylation sites (tertiary alicyclic amines) is 2. The molecule has 3 saturated heterocycles. The fourth-order valence-corrected chi connectivity index (χ4v) is 5.07. The number of carbonyl (C=O) groups excluding carboxylic acids is 1. The highest BCUT2D eigenvalue weighted by atomic mass is 16.5. The molecule has 1 aromatic rings. The van der Waals surface area contributed by atoms with E-state index < -0.39 is 0 Å².